The van der Waals surface area contributed by atoms with Crippen molar-refractivity contribution in [1.29, 1.82) is 0 Å². The van der Waals surface area contributed by atoms with E-state index in [-0.39, 0.29) is 0 Å². The van der Waals surface area contributed by atoms with E-state index in [1.807, 2.05) is 19.1 Å². The van der Waals surface area contributed by atoms with E-state index in [1.165, 1.54) is 24.0 Å². The molecule has 0 unspecified atom stereocenters. The Bertz CT molecular complexity index is 561. The van der Waals surface area contributed by atoms with Gasteiger partial charge in [-0.2, -0.15) is 0 Å². The maximum atomic E-state index is 5.76. The van der Waals surface area contributed by atoms with Gasteiger partial charge in [0.15, 0.2) is 0 Å². The number of nitrogens with one attached hydrogen (secondary N) is 1. The van der Waals surface area contributed by atoms with Gasteiger partial charge in [0.1, 0.15) is 12.4 Å². The summed E-state index contributed by atoms with van der Waals surface area (Å²) in [5, 5.41) is 3.53. The van der Waals surface area contributed by atoms with Crippen molar-refractivity contribution < 1.29 is 4.74 Å². The molecule has 0 radical (unpaired) electrons. The van der Waals surface area contributed by atoms with E-state index >= 15 is 0 Å². The number of nitrogens with zero attached hydrogens (tertiary/aromatic N) is 1. The molecule has 1 saturated carbocycles. The molecule has 0 spiro atoms. The standard InChI is InChI=1S/C17H20N2O/c1-13-5-8-17(11-18-13)20-12-15-4-2-3-14(9-15)10-19-16-6-7-16/h2-5,8-9,11,16,19H,6-7,10,12H2,1H3. The molecule has 0 amide bonds. The minimum atomic E-state index is 0.585. The Morgan fingerprint density at radius 2 is 2.05 bits per heavy atom. The molecule has 2 aromatic rings. The highest BCUT2D eigenvalue weighted by Crippen LogP contribution is 2.19. The first-order valence-electron chi connectivity index (χ1n) is 7.16. The second kappa shape index (κ2) is 6.06. The molecule has 1 heterocycles. The Labute approximate surface area is 120 Å². The van der Waals surface area contributed by atoms with Crippen molar-refractivity contribution >= 4 is 0 Å². The van der Waals surface area contributed by atoms with Crippen LogP contribution < -0.4 is 10.1 Å². The highest BCUT2D eigenvalue weighted by Gasteiger charge is 2.19. The van der Waals surface area contributed by atoms with Gasteiger partial charge in [0.05, 0.1) is 6.20 Å². The third-order valence-corrected chi connectivity index (χ3v) is 3.45. The monoisotopic (exact) mass is 268 g/mol. The molecule has 1 aromatic carbocycles. The average molecular weight is 268 g/mol. The maximum absolute atomic E-state index is 5.76. The molecule has 0 aliphatic heterocycles. The van der Waals surface area contributed by atoms with Crippen LogP contribution in [-0.2, 0) is 13.2 Å². The van der Waals surface area contributed by atoms with Crippen molar-refractivity contribution in [3.05, 3.63) is 59.4 Å². The molecule has 3 nitrogen and oxygen atoms in total. The molecular formula is C17H20N2O. The molecule has 0 bridgehead atoms. The Balaban J connectivity index is 1.56. The van der Waals surface area contributed by atoms with Crippen LogP contribution in [0.5, 0.6) is 5.75 Å². The fraction of sp³-hybridized carbons (Fsp3) is 0.353. The van der Waals surface area contributed by atoms with Gasteiger partial charge in [0, 0.05) is 18.3 Å². The largest absolute Gasteiger partial charge is 0.487 e. The lowest BCUT2D eigenvalue weighted by Crippen LogP contribution is -2.15. The second-order valence-electron chi connectivity index (χ2n) is 5.40. The van der Waals surface area contributed by atoms with Gasteiger partial charge in [-0.1, -0.05) is 24.3 Å². The topological polar surface area (TPSA) is 34.1 Å². The third-order valence-electron chi connectivity index (χ3n) is 3.45. The Hall–Kier alpha value is -1.87. The van der Waals surface area contributed by atoms with E-state index in [2.05, 4.69) is 34.6 Å². The predicted octanol–water partition coefficient (Wildman–Crippen LogP) is 3.22. The molecule has 0 atom stereocenters. The van der Waals surface area contributed by atoms with E-state index in [0.29, 0.717) is 6.61 Å². The molecule has 3 rings (SSSR count). The van der Waals surface area contributed by atoms with Gasteiger partial charge >= 0.3 is 0 Å². The average Bonchev–Trinajstić information content (AvgIpc) is 3.29. The van der Waals surface area contributed by atoms with Crippen molar-refractivity contribution in [2.24, 2.45) is 0 Å². The molecule has 1 aliphatic carbocycles. The highest BCUT2D eigenvalue weighted by molar-refractivity contribution is 5.25. The van der Waals surface area contributed by atoms with Gasteiger partial charge < -0.3 is 10.1 Å². The number of aromatic nitrogens is 1. The molecule has 1 aliphatic rings. The molecule has 20 heavy (non-hydrogen) atoms. The first-order valence-corrected chi connectivity index (χ1v) is 7.16. The zero-order valence-corrected chi connectivity index (χ0v) is 11.8. The van der Waals surface area contributed by atoms with Crippen molar-refractivity contribution in [3.8, 4) is 5.75 Å². The van der Waals surface area contributed by atoms with Crippen molar-refractivity contribution in [1.82, 2.24) is 10.3 Å². The van der Waals surface area contributed by atoms with Crippen molar-refractivity contribution in [2.45, 2.75) is 39.0 Å². The summed E-state index contributed by atoms with van der Waals surface area (Å²) in [6, 6.07) is 13.2. The van der Waals surface area contributed by atoms with Crippen LogP contribution in [0.1, 0.15) is 29.7 Å². The smallest absolute Gasteiger partial charge is 0.138 e. The Morgan fingerprint density at radius 3 is 2.80 bits per heavy atom. The maximum Gasteiger partial charge on any atom is 0.138 e. The first kappa shape index (κ1) is 13.1. The van der Waals surface area contributed by atoms with E-state index in [9.17, 15) is 0 Å². The Morgan fingerprint density at radius 1 is 1.20 bits per heavy atom. The summed E-state index contributed by atoms with van der Waals surface area (Å²) in [5.74, 6) is 0.817. The van der Waals surface area contributed by atoms with Gasteiger partial charge in [-0.15, -0.1) is 0 Å². The fourth-order valence-corrected chi connectivity index (χ4v) is 2.09. The summed E-state index contributed by atoms with van der Waals surface area (Å²) in [6.07, 6.45) is 4.42. The number of ether oxygens (including phenoxy) is 1. The number of benzene rings is 1. The summed E-state index contributed by atoms with van der Waals surface area (Å²) in [5.41, 5.74) is 3.52. The zero-order valence-electron chi connectivity index (χ0n) is 11.8. The van der Waals surface area contributed by atoms with Crippen molar-refractivity contribution in [2.75, 3.05) is 0 Å². The molecule has 104 valence electrons. The molecular weight excluding hydrogens is 248 g/mol. The highest BCUT2D eigenvalue weighted by atomic mass is 16.5. The van der Waals surface area contributed by atoms with Gasteiger partial charge in [-0.3, -0.25) is 4.98 Å². The zero-order chi connectivity index (χ0) is 13.8. The number of hydrogen-bond acceptors (Lipinski definition) is 3. The molecule has 3 heteroatoms. The predicted molar refractivity (Wildman–Crippen MR) is 79.6 cm³/mol. The van der Waals surface area contributed by atoms with Gasteiger partial charge in [0.25, 0.3) is 0 Å². The van der Waals surface area contributed by atoms with Crippen LogP contribution in [-0.4, -0.2) is 11.0 Å². The molecule has 1 aromatic heterocycles. The molecule has 1 fully saturated rings. The van der Waals surface area contributed by atoms with Crippen LogP contribution >= 0.6 is 0 Å². The van der Waals surface area contributed by atoms with Crippen LogP contribution in [0.15, 0.2) is 42.6 Å². The van der Waals surface area contributed by atoms with Crippen LogP contribution in [0.2, 0.25) is 0 Å². The number of pyridine rings is 1. The molecule has 0 saturated heterocycles. The summed E-state index contributed by atoms with van der Waals surface area (Å²) >= 11 is 0. The number of aryl methyl sites for hydroxylation is 1. The number of hydrogen-bond donors (Lipinski definition) is 1. The van der Waals surface area contributed by atoms with E-state index in [0.717, 1.165) is 24.0 Å². The summed E-state index contributed by atoms with van der Waals surface area (Å²) in [4.78, 5) is 4.23. The first-order chi connectivity index (χ1) is 9.79. The minimum absolute atomic E-state index is 0.585. The van der Waals surface area contributed by atoms with Crippen LogP contribution in [0.25, 0.3) is 0 Å². The molecule has 1 N–H and O–H groups in total. The van der Waals surface area contributed by atoms with Crippen LogP contribution in [0.3, 0.4) is 0 Å². The van der Waals surface area contributed by atoms with Crippen molar-refractivity contribution in [3.63, 3.8) is 0 Å². The lowest BCUT2D eigenvalue weighted by molar-refractivity contribution is 0.304. The lowest BCUT2D eigenvalue weighted by atomic mass is 10.1. The van der Waals surface area contributed by atoms with E-state index in [4.69, 9.17) is 4.74 Å². The minimum Gasteiger partial charge on any atom is -0.487 e. The fourth-order valence-electron chi connectivity index (χ4n) is 2.09. The second-order valence-corrected chi connectivity index (χ2v) is 5.40. The lowest BCUT2D eigenvalue weighted by Gasteiger charge is -2.08. The van der Waals surface area contributed by atoms with Gasteiger partial charge in [-0.25, -0.2) is 0 Å². The van der Waals surface area contributed by atoms with Crippen LogP contribution in [0.4, 0.5) is 0 Å². The third kappa shape index (κ3) is 3.81. The summed E-state index contributed by atoms with van der Waals surface area (Å²) < 4.78 is 5.76. The normalized spacial score (nSPS) is 14.2. The summed E-state index contributed by atoms with van der Waals surface area (Å²) in [7, 11) is 0. The Kier molecular flexibility index (Phi) is 3.97. The quantitative estimate of drug-likeness (QED) is 0.873. The summed E-state index contributed by atoms with van der Waals surface area (Å²) in [6.45, 7) is 3.51. The van der Waals surface area contributed by atoms with Crippen LogP contribution in [0, 0.1) is 6.92 Å². The van der Waals surface area contributed by atoms with Gasteiger partial charge in [-0.05, 0) is 43.0 Å². The van der Waals surface area contributed by atoms with E-state index in [1.54, 1.807) is 6.20 Å². The SMILES string of the molecule is Cc1ccc(OCc2cccc(CNC3CC3)c2)cn1. The number of rotatable bonds is 6. The van der Waals surface area contributed by atoms with Gasteiger partial charge in [0.2, 0.25) is 0 Å². The van der Waals surface area contributed by atoms with E-state index < -0.39 is 0 Å².